The van der Waals surface area contributed by atoms with Gasteiger partial charge in [0.25, 0.3) is 0 Å². The smallest absolute Gasteiger partial charge is 0.0786 e. The highest BCUT2D eigenvalue weighted by Gasteiger charge is 2.26. The largest absolute Gasteiger partial charge is 0.324 e. The first-order valence-electron chi connectivity index (χ1n) is 32.1. The standard InChI is InChI=1S/C64H132N.B/c1-5-9-13-17-21-25-29-33-37-41-45-49-53-57-61-65(62-58-54-50-46-42-38-34-30-26-22-18-14-10-6-2,63-59-55-51-47-43-39-35-31-27-23-19-15-11-7-3)64-60-56-52-48-44-40-36-32-28-24-20-16-12-8-4;/h5-64H2,1-4H3;/q+1;. The number of quaternary nitrogens is 1. The van der Waals surface area contributed by atoms with E-state index in [2.05, 4.69) is 27.7 Å². The fourth-order valence-corrected chi connectivity index (χ4v) is 11.2. The molecular formula is C64H132BN+. The van der Waals surface area contributed by atoms with Crippen molar-refractivity contribution in [3.8, 4) is 0 Å². The number of rotatable bonds is 60. The third-order valence-electron chi connectivity index (χ3n) is 15.9. The number of hydrogen-bond donors (Lipinski definition) is 0. The molecule has 0 saturated carbocycles. The predicted molar refractivity (Wildman–Crippen MR) is 307 cm³/mol. The summed E-state index contributed by atoms with van der Waals surface area (Å²) in [5.74, 6) is 0. The maximum Gasteiger partial charge on any atom is 0.0786 e. The van der Waals surface area contributed by atoms with Gasteiger partial charge in [-0.05, 0) is 51.4 Å². The topological polar surface area (TPSA) is 0 Å². The zero-order valence-electron chi connectivity index (χ0n) is 47.5. The number of unbranched alkanes of at least 4 members (excludes halogenated alkanes) is 52. The van der Waals surface area contributed by atoms with Gasteiger partial charge in [-0.1, -0.05) is 336 Å². The van der Waals surface area contributed by atoms with Crippen LogP contribution in [0.2, 0.25) is 0 Å². The van der Waals surface area contributed by atoms with E-state index in [4.69, 9.17) is 0 Å². The molecule has 0 aromatic carbocycles. The van der Waals surface area contributed by atoms with Crippen molar-refractivity contribution in [3.05, 3.63) is 0 Å². The minimum absolute atomic E-state index is 0. The first kappa shape index (κ1) is 68.1. The molecule has 0 aromatic heterocycles. The minimum Gasteiger partial charge on any atom is -0.324 e. The van der Waals surface area contributed by atoms with Crippen LogP contribution in [0.3, 0.4) is 0 Å². The molecule has 0 bridgehead atoms. The van der Waals surface area contributed by atoms with Crippen LogP contribution in [-0.2, 0) is 0 Å². The Morgan fingerprint density at radius 3 is 0.333 bits per heavy atom. The van der Waals surface area contributed by atoms with Crippen molar-refractivity contribution >= 4 is 8.41 Å². The van der Waals surface area contributed by atoms with Crippen LogP contribution in [0, 0.1) is 0 Å². The Labute approximate surface area is 424 Å². The third kappa shape index (κ3) is 55.0. The molecule has 3 radical (unpaired) electrons. The highest BCUT2D eigenvalue weighted by Crippen LogP contribution is 2.23. The summed E-state index contributed by atoms with van der Waals surface area (Å²) in [5, 5.41) is 0. The zero-order chi connectivity index (χ0) is 46.9. The number of nitrogens with zero attached hydrogens (tertiary/aromatic N) is 1. The van der Waals surface area contributed by atoms with Crippen molar-refractivity contribution in [3.63, 3.8) is 0 Å². The summed E-state index contributed by atoms with van der Waals surface area (Å²) in [5.41, 5.74) is 0. The van der Waals surface area contributed by atoms with Crippen LogP contribution in [0.4, 0.5) is 0 Å². The van der Waals surface area contributed by atoms with Gasteiger partial charge in [-0.25, -0.2) is 0 Å². The van der Waals surface area contributed by atoms with Crippen LogP contribution in [0.15, 0.2) is 0 Å². The summed E-state index contributed by atoms with van der Waals surface area (Å²) in [6.45, 7) is 15.3. The second kappa shape index (κ2) is 61.1. The molecule has 66 heavy (non-hydrogen) atoms. The summed E-state index contributed by atoms with van der Waals surface area (Å²) in [6.07, 6.45) is 82.7. The Kier molecular flexibility index (Phi) is 63.1. The molecule has 395 valence electrons. The Morgan fingerprint density at radius 2 is 0.227 bits per heavy atom. The van der Waals surface area contributed by atoms with Crippen LogP contribution >= 0.6 is 0 Å². The summed E-state index contributed by atoms with van der Waals surface area (Å²) < 4.78 is 1.49. The lowest BCUT2D eigenvalue weighted by Crippen LogP contribution is -2.50. The average Bonchev–Trinajstić information content (AvgIpc) is 3.32. The van der Waals surface area contributed by atoms with Crippen LogP contribution in [-0.4, -0.2) is 39.1 Å². The molecule has 0 aliphatic carbocycles. The van der Waals surface area contributed by atoms with Gasteiger partial charge in [0, 0.05) is 8.41 Å². The molecule has 0 fully saturated rings. The van der Waals surface area contributed by atoms with Crippen molar-refractivity contribution in [2.45, 2.75) is 387 Å². The minimum atomic E-state index is 0. The Balaban J connectivity index is 0. The normalized spacial score (nSPS) is 11.8. The highest BCUT2D eigenvalue weighted by atomic mass is 15.3. The molecule has 0 N–H and O–H groups in total. The van der Waals surface area contributed by atoms with Crippen LogP contribution < -0.4 is 0 Å². The lowest BCUT2D eigenvalue weighted by atomic mass is 10.0. The van der Waals surface area contributed by atoms with E-state index in [1.165, 1.54) is 390 Å². The van der Waals surface area contributed by atoms with Gasteiger partial charge >= 0.3 is 0 Å². The van der Waals surface area contributed by atoms with E-state index in [9.17, 15) is 0 Å². The summed E-state index contributed by atoms with van der Waals surface area (Å²) in [4.78, 5) is 0. The quantitative estimate of drug-likeness (QED) is 0.0324. The van der Waals surface area contributed by atoms with Crippen molar-refractivity contribution in [1.29, 1.82) is 0 Å². The van der Waals surface area contributed by atoms with E-state index >= 15 is 0 Å². The molecule has 0 rings (SSSR count). The van der Waals surface area contributed by atoms with E-state index in [-0.39, 0.29) is 8.41 Å². The summed E-state index contributed by atoms with van der Waals surface area (Å²) in [7, 11) is 0. The lowest BCUT2D eigenvalue weighted by Gasteiger charge is -2.40. The van der Waals surface area contributed by atoms with Gasteiger partial charge in [-0.2, -0.15) is 0 Å². The SMILES string of the molecule is CCCCCCCCCCCCCCCC[N+](CCCCCCCCCCCCCCCC)(CCCCCCCCCCCCCCCC)CCCCCCCCCCCCCCCC.[B]. The first-order chi connectivity index (χ1) is 32.2. The molecule has 0 heterocycles. The molecule has 0 aliphatic rings. The zero-order valence-corrected chi connectivity index (χ0v) is 47.5. The van der Waals surface area contributed by atoms with Gasteiger partial charge < -0.3 is 4.48 Å². The van der Waals surface area contributed by atoms with Crippen LogP contribution in [0.25, 0.3) is 0 Å². The molecule has 1 nitrogen and oxygen atoms in total. The second-order valence-electron chi connectivity index (χ2n) is 22.6. The Bertz CT molecular complexity index is 677. The molecular weight excluding hydrogens is 794 g/mol. The van der Waals surface area contributed by atoms with Crippen molar-refractivity contribution in [1.82, 2.24) is 0 Å². The fourth-order valence-electron chi connectivity index (χ4n) is 11.2. The van der Waals surface area contributed by atoms with Gasteiger partial charge in [0.05, 0.1) is 26.2 Å². The third-order valence-corrected chi connectivity index (χ3v) is 15.9. The van der Waals surface area contributed by atoms with Gasteiger partial charge in [0.2, 0.25) is 0 Å². The van der Waals surface area contributed by atoms with Gasteiger partial charge in [0.15, 0.2) is 0 Å². The molecule has 2 heteroatoms. The van der Waals surface area contributed by atoms with E-state index in [1.54, 1.807) is 0 Å². The lowest BCUT2D eigenvalue weighted by molar-refractivity contribution is -0.929. The summed E-state index contributed by atoms with van der Waals surface area (Å²) >= 11 is 0. The van der Waals surface area contributed by atoms with Crippen molar-refractivity contribution in [2.24, 2.45) is 0 Å². The monoisotopic (exact) mass is 926 g/mol. The highest BCUT2D eigenvalue weighted by molar-refractivity contribution is 5.75. The summed E-state index contributed by atoms with van der Waals surface area (Å²) in [6, 6.07) is 0. The fraction of sp³-hybridized carbons (Fsp3) is 1.00. The Morgan fingerprint density at radius 1 is 0.136 bits per heavy atom. The van der Waals surface area contributed by atoms with E-state index in [0.29, 0.717) is 0 Å². The van der Waals surface area contributed by atoms with E-state index < -0.39 is 0 Å². The number of hydrogen-bond acceptors (Lipinski definition) is 0. The van der Waals surface area contributed by atoms with Crippen molar-refractivity contribution in [2.75, 3.05) is 26.2 Å². The first-order valence-corrected chi connectivity index (χ1v) is 32.1. The second-order valence-corrected chi connectivity index (χ2v) is 22.6. The molecule has 0 unspecified atom stereocenters. The van der Waals surface area contributed by atoms with Gasteiger partial charge in [-0.3, -0.25) is 0 Å². The van der Waals surface area contributed by atoms with Gasteiger partial charge in [0.1, 0.15) is 0 Å². The van der Waals surface area contributed by atoms with Crippen molar-refractivity contribution < 1.29 is 4.48 Å². The predicted octanol–water partition coefficient (Wildman–Crippen LogP) is 23.3. The molecule has 0 aromatic rings. The van der Waals surface area contributed by atoms with Crippen LogP contribution in [0.1, 0.15) is 387 Å². The molecule has 0 aliphatic heterocycles. The van der Waals surface area contributed by atoms with E-state index in [1.807, 2.05) is 0 Å². The Hall–Kier alpha value is 0.0249. The maximum absolute atomic E-state index is 2.33. The maximum atomic E-state index is 2.33. The van der Waals surface area contributed by atoms with Crippen LogP contribution in [0.5, 0.6) is 0 Å². The molecule has 0 spiro atoms. The molecule has 0 atom stereocenters. The van der Waals surface area contributed by atoms with E-state index in [0.717, 1.165) is 0 Å². The molecule has 0 amide bonds. The average molecular weight is 927 g/mol. The molecule has 0 saturated heterocycles. The van der Waals surface area contributed by atoms with Gasteiger partial charge in [-0.15, -0.1) is 0 Å².